The first-order valence-corrected chi connectivity index (χ1v) is 6.42. The molecule has 0 amide bonds. The van der Waals surface area contributed by atoms with Crippen molar-refractivity contribution < 1.29 is 5.11 Å². The molecule has 0 aliphatic rings. The van der Waals surface area contributed by atoms with Crippen LogP contribution in [0.3, 0.4) is 0 Å². The molecule has 0 saturated carbocycles. The highest BCUT2D eigenvalue weighted by Gasteiger charge is 2.19. The first-order valence-electron chi connectivity index (χ1n) is 5.02. The number of aliphatic hydroxyl groups is 1. The van der Waals surface area contributed by atoms with Crippen molar-refractivity contribution in [2.75, 3.05) is 36.2 Å². The van der Waals surface area contributed by atoms with Gasteiger partial charge in [0, 0.05) is 19.3 Å². The highest BCUT2D eigenvalue weighted by atomic mass is 32.2. The van der Waals surface area contributed by atoms with Crippen molar-refractivity contribution in [2.24, 2.45) is 0 Å². The van der Waals surface area contributed by atoms with Crippen molar-refractivity contribution in [1.82, 2.24) is 9.97 Å². The minimum absolute atomic E-state index is 0.454. The third-order valence-corrected chi connectivity index (χ3v) is 2.91. The fraction of sp³-hybridized carbons (Fsp3) is 0.600. The lowest BCUT2D eigenvalue weighted by Gasteiger charge is -2.22. The van der Waals surface area contributed by atoms with Crippen LogP contribution in [0.2, 0.25) is 0 Å². The van der Waals surface area contributed by atoms with Gasteiger partial charge in [-0.05, 0) is 13.2 Å². The SMILES string of the molecule is CNc1cncc(NCC(C)(O)CSC)n1. The van der Waals surface area contributed by atoms with E-state index in [9.17, 15) is 5.11 Å². The van der Waals surface area contributed by atoms with Gasteiger partial charge in [-0.1, -0.05) is 0 Å². The van der Waals surface area contributed by atoms with Gasteiger partial charge in [-0.25, -0.2) is 4.98 Å². The van der Waals surface area contributed by atoms with Gasteiger partial charge in [0.1, 0.15) is 11.6 Å². The van der Waals surface area contributed by atoms with E-state index in [4.69, 9.17) is 0 Å². The summed E-state index contributed by atoms with van der Waals surface area (Å²) in [5.41, 5.74) is -0.739. The molecule has 0 aliphatic carbocycles. The first kappa shape index (κ1) is 13.1. The van der Waals surface area contributed by atoms with Crippen molar-refractivity contribution >= 4 is 23.4 Å². The second-order valence-corrected chi connectivity index (χ2v) is 4.69. The summed E-state index contributed by atoms with van der Waals surface area (Å²) in [7, 11) is 1.79. The van der Waals surface area contributed by atoms with Crippen molar-refractivity contribution in [3.8, 4) is 0 Å². The minimum Gasteiger partial charge on any atom is -0.387 e. The summed E-state index contributed by atoms with van der Waals surface area (Å²) < 4.78 is 0. The number of hydrogen-bond donors (Lipinski definition) is 3. The zero-order valence-corrected chi connectivity index (χ0v) is 10.6. The van der Waals surface area contributed by atoms with Crippen LogP contribution in [0.15, 0.2) is 12.4 Å². The normalized spacial score (nSPS) is 14.2. The summed E-state index contributed by atoms with van der Waals surface area (Å²) in [4.78, 5) is 8.28. The van der Waals surface area contributed by atoms with Crippen LogP contribution in [-0.4, -0.2) is 46.3 Å². The van der Waals surface area contributed by atoms with Gasteiger partial charge in [0.15, 0.2) is 0 Å². The quantitative estimate of drug-likeness (QED) is 0.692. The Balaban J connectivity index is 2.53. The molecule has 0 fully saturated rings. The molecule has 5 nitrogen and oxygen atoms in total. The number of hydrogen-bond acceptors (Lipinski definition) is 6. The molecule has 0 bridgehead atoms. The van der Waals surface area contributed by atoms with Crippen LogP contribution in [0.25, 0.3) is 0 Å². The lowest BCUT2D eigenvalue weighted by molar-refractivity contribution is 0.0996. The van der Waals surface area contributed by atoms with Gasteiger partial charge in [-0.2, -0.15) is 11.8 Å². The molecule has 0 spiro atoms. The summed E-state index contributed by atoms with van der Waals surface area (Å²) in [5, 5.41) is 15.9. The van der Waals surface area contributed by atoms with E-state index in [-0.39, 0.29) is 0 Å². The molecule has 1 atom stereocenters. The zero-order valence-electron chi connectivity index (χ0n) is 9.82. The maximum atomic E-state index is 9.96. The third-order valence-electron chi connectivity index (χ3n) is 2.00. The van der Waals surface area contributed by atoms with Gasteiger partial charge in [-0.3, -0.25) is 4.98 Å². The summed E-state index contributed by atoms with van der Waals surface area (Å²) in [5.74, 6) is 2.04. The molecule has 0 saturated heterocycles. The lowest BCUT2D eigenvalue weighted by Crippen LogP contribution is -2.36. The Morgan fingerprint density at radius 2 is 2.12 bits per heavy atom. The largest absolute Gasteiger partial charge is 0.387 e. The fourth-order valence-electron chi connectivity index (χ4n) is 1.21. The van der Waals surface area contributed by atoms with E-state index in [2.05, 4.69) is 20.6 Å². The Morgan fingerprint density at radius 1 is 1.44 bits per heavy atom. The summed E-state index contributed by atoms with van der Waals surface area (Å²) >= 11 is 1.61. The molecule has 1 aromatic rings. The number of aromatic nitrogens is 2. The molecule has 16 heavy (non-hydrogen) atoms. The number of nitrogens with one attached hydrogen (secondary N) is 2. The summed E-state index contributed by atoms with van der Waals surface area (Å²) in [6.45, 7) is 2.25. The van der Waals surface area contributed by atoms with Crippen molar-refractivity contribution in [2.45, 2.75) is 12.5 Å². The molecule has 1 rings (SSSR count). The summed E-state index contributed by atoms with van der Waals surface area (Å²) in [6, 6.07) is 0. The lowest BCUT2D eigenvalue weighted by atomic mass is 10.1. The van der Waals surface area contributed by atoms with Gasteiger partial charge >= 0.3 is 0 Å². The zero-order chi connectivity index (χ0) is 12.0. The number of thioether (sulfide) groups is 1. The van der Waals surface area contributed by atoms with Crippen LogP contribution in [0.5, 0.6) is 0 Å². The highest BCUT2D eigenvalue weighted by molar-refractivity contribution is 7.98. The number of nitrogens with zero attached hydrogens (tertiary/aromatic N) is 2. The Morgan fingerprint density at radius 3 is 2.75 bits per heavy atom. The van der Waals surface area contributed by atoms with E-state index in [1.807, 2.05) is 6.26 Å². The van der Waals surface area contributed by atoms with E-state index in [1.54, 1.807) is 38.1 Å². The third kappa shape index (κ3) is 4.24. The van der Waals surface area contributed by atoms with E-state index in [1.165, 1.54) is 0 Å². The second-order valence-electron chi connectivity index (χ2n) is 3.82. The molecule has 0 aliphatic heterocycles. The standard InChI is InChI=1S/C10H18N4OS/c1-10(15,7-16-3)6-13-9-5-12-4-8(11-2)14-9/h4-5,15H,6-7H2,1-3H3,(H2,11,13,14). The number of rotatable bonds is 6. The Bertz CT molecular complexity index is 332. The maximum absolute atomic E-state index is 9.96. The van der Waals surface area contributed by atoms with Gasteiger partial charge < -0.3 is 15.7 Å². The van der Waals surface area contributed by atoms with Gasteiger partial charge in [0.2, 0.25) is 0 Å². The van der Waals surface area contributed by atoms with Crippen molar-refractivity contribution in [3.05, 3.63) is 12.4 Å². The predicted octanol–water partition coefficient (Wildman–Crippen LogP) is 1.04. The molecule has 3 N–H and O–H groups in total. The van der Waals surface area contributed by atoms with Crippen molar-refractivity contribution in [3.63, 3.8) is 0 Å². The van der Waals surface area contributed by atoms with E-state index in [0.717, 1.165) is 0 Å². The topological polar surface area (TPSA) is 70.1 Å². The smallest absolute Gasteiger partial charge is 0.147 e. The first-order chi connectivity index (χ1) is 7.57. The van der Waals surface area contributed by atoms with Crippen LogP contribution >= 0.6 is 11.8 Å². The average molecular weight is 242 g/mol. The van der Waals surface area contributed by atoms with E-state index in [0.29, 0.717) is 23.9 Å². The van der Waals surface area contributed by atoms with Gasteiger partial charge in [0.05, 0.1) is 18.0 Å². The Labute approximate surface area is 100 Å². The van der Waals surface area contributed by atoms with E-state index >= 15 is 0 Å². The molecule has 1 heterocycles. The molecule has 1 unspecified atom stereocenters. The van der Waals surface area contributed by atoms with E-state index < -0.39 is 5.60 Å². The molecule has 0 radical (unpaired) electrons. The second kappa shape index (κ2) is 5.91. The van der Waals surface area contributed by atoms with Crippen molar-refractivity contribution in [1.29, 1.82) is 0 Å². The maximum Gasteiger partial charge on any atom is 0.147 e. The molecule has 1 aromatic heterocycles. The molecule has 6 heteroatoms. The number of anilines is 2. The van der Waals surface area contributed by atoms with Crippen LogP contribution < -0.4 is 10.6 Å². The predicted molar refractivity (Wildman–Crippen MR) is 69.1 cm³/mol. The molecule has 0 aromatic carbocycles. The summed E-state index contributed by atoms with van der Waals surface area (Å²) in [6.07, 6.45) is 5.25. The monoisotopic (exact) mass is 242 g/mol. The minimum atomic E-state index is -0.739. The van der Waals surface area contributed by atoms with Crippen LogP contribution in [0.4, 0.5) is 11.6 Å². The fourth-order valence-corrected chi connectivity index (χ4v) is 1.94. The van der Waals surface area contributed by atoms with Crippen LogP contribution in [-0.2, 0) is 0 Å². The molecular formula is C10H18N4OS. The van der Waals surface area contributed by atoms with Gasteiger partial charge in [-0.15, -0.1) is 0 Å². The molecular weight excluding hydrogens is 224 g/mol. The van der Waals surface area contributed by atoms with Gasteiger partial charge in [0.25, 0.3) is 0 Å². The average Bonchev–Trinajstić information content (AvgIpc) is 2.27. The Kier molecular flexibility index (Phi) is 4.82. The Hall–Kier alpha value is -1.01. The molecule has 90 valence electrons. The van der Waals surface area contributed by atoms with Crippen LogP contribution in [0.1, 0.15) is 6.92 Å². The highest BCUT2D eigenvalue weighted by Crippen LogP contribution is 2.12. The van der Waals surface area contributed by atoms with Crippen LogP contribution in [0, 0.1) is 0 Å².